The van der Waals surface area contributed by atoms with Crippen LogP contribution in [-0.4, -0.2) is 93.1 Å². The summed E-state index contributed by atoms with van der Waals surface area (Å²) in [5.74, 6) is 0. The van der Waals surface area contributed by atoms with Crippen LogP contribution in [0.3, 0.4) is 0 Å². The van der Waals surface area contributed by atoms with E-state index in [1.165, 1.54) is 0 Å². The maximum atomic E-state index is 9.63. The standard InChI is InChI=1S/C10H18O9/c11-1-3-5(13)7(15)9(17-3)19-10-8(16)6(14)4(2-12)18-10/h3-16H,1-2H2/t3-,4-,5-,6-,7+,8+,9-,10+/m1/s1. The number of ether oxygens (including phenoxy) is 3. The first-order valence-corrected chi connectivity index (χ1v) is 5.90. The van der Waals surface area contributed by atoms with Crippen molar-refractivity contribution in [3.05, 3.63) is 0 Å². The summed E-state index contributed by atoms with van der Waals surface area (Å²) in [7, 11) is 0. The van der Waals surface area contributed by atoms with Crippen LogP contribution in [0.1, 0.15) is 0 Å². The summed E-state index contributed by atoms with van der Waals surface area (Å²) in [4.78, 5) is 0. The summed E-state index contributed by atoms with van der Waals surface area (Å²) < 4.78 is 15.2. The lowest BCUT2D eigenvalue weighted by Gasteiger charge is -2.22. The Kier molecular flexibility index (Phi) is 4.71. The maximum absolute atomic E-state index is 9.63. The van der Waals surface area contributed by atoms with E-state index in [-0.39, 0.29) is 0 Å². The minimum Gasteiger partial charge on any atom is -0.394 e. The third kappa shape index (κ3) is 2.75. The van der Waals surface area contributed by atoms with Crippen molar-refractivity contribution in [3.8, 4) is 0 Å². The summed E-state index contributed by atoms with van der Waals surface area (Å²) in [6, 6.07) is 0. The second kappa shape index (κ2) is 5.95. The third-order valence-corrected chi connectivity index (χ3v) is 3.27. The smallest absolute Gasteiger partial charge is 0.189 e. The zero-order valence-electron chi connectivity index (χ0n) is 9.94. The van der Waals surface area contributed by atoms with Gasteiger partial charge in [-0.1, -0.05) is 0 Å². The van der Waals surface area contributed by atoms with E-state index in [1.54, 1.807) is 0 Å². The van der Waals surface area contributed by atoms with Crippen LogP contribution in [0.4, 0.5) is 0 Å². The molecule has 0 radical (unpaired) electrons. The third-order valence-electron chi connectivity index (χ3n) is 3.27. The van der Waals surface area contributed by atoms with Crippen molar-refractivity contribution in [2.24, 2.45) is 0 Å². The number of hydrogen-bond acceptors (Lipinski definition) is 9. The van der Waals surface area contributed by atoms with Crippen molar-refractivity contribution in [1.82, 2.24) is 0 Å². The van der Waals surface area contributed by atoms with Gasteiger partial charge in [0.2, 0.25) is 0 Å². The molecule has 0 unspecified atom stereocenters. The predicted octanol–water partition coefficient (Wildman–Crippen LogP) is -4.12. The summed E-state index contributed by atoms with van der Waals surface area (Å²) in [5.41, 5.74) is 0. The molecule has 0 bridgehead atoms. The van der Waals surface area contributed by atoms with Gasteiger partial charge in [-0.3, -0.25) is 0 Å². The minimum absolute atomic E-state index is 0.506. The average Bonchev–Trinajstić information content (AvgIpc) is 2.83. The lowest BCUT2D eigenvalue weighted by molar-refractivity contribution is -0.269. The van der Waals surface area contributed by atoms with Crippen LogP contribution in [-0.2, 0) is 14.2 Å². The molecule has 0 aromatic carbocycles. The normalized spacial score (nSPS) is 50.8. The zero-order chi connectivity index (χ0) is 14.2. The van der Waals surface area contributed by atoms with Gasteiger partial charge >= 0.3 is 0 Å². The first-order chi connectivity index (χ1) is 8.99. The summed E-state index contributed by atoms with van der Waals surface area (Å²) in [5, 5.41) is 56.1. The van der Waals surface area contributed by atoms with E-state index in [4.69, 9.17) is 24.4 Å². The Morgan fingerprint density at radius 1 is 0.684 bits per heavy atom. The van der Waals surface area contributed by atoms with Gasteiger partial charge in [-0.25, -0.2) is 0 Å². The van der Waals surface area contributed by atoms with Gasteiger partial charge in [0.1, 0.15) is 36.6 Å². The van der Waals surface area contributed by atoms with Crippen LogP contribution >= 0.6 is 0 Å². The van der Waals surface area contributed by atoms with Crippen molar-refractivity contribution in [1.29, 1.82) is 0 Å². The molecule has 9 heteroatoms. The van der Waals surface area contributed by atoms with Crippen LogP contribution in [0.5, 0.6) is 0 Å². The first-order valence-electron chi connectivity index (χ1n) is 5.90. The molecule has 2 heterocycles. The Hall–Kier alpha value is -0.360. The number of rotatable bonds is 4. The average molecular weight is 282 g/mol. The lowest BCUT2D eigenvalue weighted by Crippen LogP contribution is -2.40. The molecule has 19 heavy (non-hydrogen) atoms. The predicted molar refractivity (Wildman–Crippen MR) is 56.6 cm³/mol. The topological polar surface area (TPSA) is 149 Å². The molecular formula is C10H18O9. The molecule has 0 aliphatic carbocycles. The Balaban J connectivity index is 1.95. The highest BCUT2D eigenvalue weighted by atomic mass is 16.8. The Morgan fingerprint density at radius 3 is 1.32 bits per heavy atom. The fourth-order valence-electron chi connectivity index (χ4n) is 2.09. The van der Waals surface area contributed by atoms with E-state index in [9.17, 15) is 20.4 Å². The monoisotopic (exact) mass is 282 g/mol. The second-order valence-electron chi connectivity index (χ2n) is 4.55. The number of aliphatic hydroxyl groups excluding tert-OH is 6. The van der Waals surface area contributed by atoms with E-state index < -0.39 is 62.4 Å². The molecule has 0 saturated carbocycles. The minimum atomic E-state index is -1.42. The van der Waals surface area contributed by atoms with Gasteiger partial charge in [0.15, 0.2) is 12.6 Å². The van der Waals surface area contributed by atoms with Crippen LogP contribution in [0.2, 0.25) is 0 Å². The highest BCUT2D eigenvalue weighted by Crippen LogP contribution is 2.28. The molecule has 2 fully saturated rings. The quantitative estimate of drug-likeness (QED) is 0.302. The molecule has 0 aromatic rings. The first kappa shape index (κ1) is 15.0. The van der Waals surface area contributed by atoms with Gasteiger partial charge in [0, 0.05) is 0 Å². The number of aliphatic hydroxyl groups is 6. The van der Waals surface area contributed by atoms with E-state index in [0.717, 1.165) is 0 Å². The Bertz CT molecular complexity index is 273. The SMILES string of the molecule is OC[C@H]1O[C@@H](O[C@H]2O[C@H](CO)[C@@H](O)[C@@H]2O)[C@@H](O)[C@@H]1O. The molecule has 2 rings (SSSR count). The summed E-state index contributed by atoms with van der Waals surface area (Å²) in [6.07, 6.45) is -10.1. The fourth-order valence-corrected chi connectivity index (χ4v) is 2.09. The molecule has 9 nitrogen and oxygen atoms in total. The van der Waals surface area contributed by atoms with E-state index in [1.807, 2.05) is 0 Å². The molecule has 2 aliphatic heterocycles. The van der Waals surface area contributed by atoms with Crippen LogP contribution < -0.4 is 0 Å². The molecular weight excluding hydrogens is 264 g/mol. The van der Waals surface area contributed by atoms with E-state index in [2.05, 4.69) is 0 Å². The summed E-state index contributed by atoms with van der Waals surface area (Å²) in [6.45, 7) is -1.01. The van der Waals surface area contributed by atoms with Gasteiger partial charge < -0.3 is 44.8 Å². The van der Waals surface area contributed by atoms with Gasteiger partial charge in [-0.05, 0) is 0 Å². The second-order valence-corrected chi connectivity index (χ2v) is 4.55. The van der Waals surface area contributed by atoms with E-state index >= 15 is 0 Å². The molecule has 8 atom stereocenters. The molecule has 6 N–H and O–H groups in total. The number of hydrogen-bond donors (Lipinski definition) is 6. The highest BCUT2D eigenvalue weighted by Gasteiger charge is 2.49. The zero-order valence-corrected chi connectivity index (χ0v) is 9.94. The molecule has 112 valence electrons. The van der Waals surface area contributed by atoms with Crippen molar-refractivity contribution >= 4 is 0 Å². The lowest BCUT2D eigenvalue weighted by atomic mass is 10.1. The maximum Gasteiger partial charge on any atom is 0.189 e. The van der Waals surface area contributed by atoms with Crippen molar-refractivity contribution < 1.29 is 44.8 Å². The molecule has 2 aliphatic rings. The van der Waals surface area contributed by atoms with Crippen LogP contribution in [0, 0.1) is 0 Å². The highest BCUT2D eigenvalue weighted by molar-refractivity contribution is 4.90. The molecule has 0 amide bonds. The van der Waals surface area contributed by atoms with Crippen LogP contribution in [0.25, 0.3) is 0 Å². The molecule has 0 spiro atoms. The summed E-state index contributed by atoms with van der Waals surface area (Å²) >= 11 is 0. The Morgan fingerprint density at radius 2 is 1.05 bits per heavy atom. The molecule has 2 saturated heterocycles. The van der Waals surface area contributed by atoms with Gasteiger partial charge in [0.05, 0.1) is 13.2 Å². The van der Waals surface area contributed by atoms with Crippen LogP contribution in [0.15, 0.2) is 0 Å². The largest absolute Gasteiger partial charge is 0.394 e. The van der Waals surface area contributed by atoms with Crippen molar-refractivity contribution in [2.45, 2.75) is 49.2 Å². The Labute approximate surface area is 108 Å². The van der Waals surface area contributed by atoms with Gasteiger partial charge in [0.25, 0.3) is 0 Å². The van der Waals surface area contributed by atoms with Crippen molar-refractivity contribution in [2.75, 3.05) is 13.2 Å². The fraction of sp³-hybridized carbons (Fsp3) is 1.00. The van der Waals surface area contributed by atoms with E-state index in [0.29, 0.717) is 0 Å². The van der Waals surface area contributed by atoms with Gasteiger partial charge in [-0.15, -0.1) is 0 Å². The molecule has 0 aromatic heterocycles. The van der Waals surface area contributed by atoms with Gasteiger partial charge in [-0.2, -0.15) is 0 Å². The van der Waals surface area contributed by atoms with Crippen molar-refractivity contribution in [3.63, 3.8) is 0 Å².